The molecule has 1 aliphatic carbocycles. The van der Waals surface area contributed by atoms with Crippen LogP contribution in [0.5, 0.6) is 0 Å². The molecule has 0 unspecified atom stereocenters. The summed E-state index contributed by atoms with van der Waals surface area (Å²) in [6.07, 6.45) is 2.38. The summed E-state index contributed by atoms with van der Waals surface area (Å²) in [6.45, 7) is 1.66. The number of imidazole rings is 1. The number of primary sulfonamides is 1. The van der Waals surface area contributed by atoms with E-state index in [1.54, 1.807) is 42.9 Å². The molecule has 0 radical (unpaired) electrons. The highest BCUT2D eigenvalue weighted by Gasteiger charge is 2.53. The molecule has 4 N–H and O–H groups in total. The van der Waals surface area contributed by atoms with E-state index in [-0.39, 0.29) is 22.4 Å². The van der Waals surface area contributed by atoms with Crippen molar-refractivity contribution in [2.75, 3.05) is 22.6 Å². The molecule has 0 spiro atoms. The molecule has 1 fully saturated rings. The Morgan fingerprint density at radius 1 is 1.05 bits per heavy atom. The lowest BCUT2D eigenvalue weighted by atomic mass is 9.94. The number of benzene rings is 3. The highest BCUT2D eigenvalue weighted by atomic mass is 32.2. The number of hydrogen-bond donors (Lipinski definition) is 3. The van der Waals surface area contributed by atoms with Crippen LogP contribution in [0.25, 0.3) is 11.0 Å². The van der Waals surface area contributed by atoms with Crippen LogP contribution in [0.4, 0.5) is 37.9 Å². The van der Waals surface area contributed by atoms with Crippen molar-refractivity contribution in [2.45, 2.75) is 30.1 Å². The standard InChI is InChI=1S/C30H28F2N8O3S/c1-17-4-6-19(15-25(17)44(33,42)43)35-28-34-13-10-26(37-28)39(2)20-7-9-24-23(16-20)36-29(40(24)3)38-27(41)30(11-12-30)21-14-18(31)5-8-22(21)32/h4-10,13-16H,11-12H2,1-3H3,(H2,33,42,43)(H,34,35,37)(H,36,38,41). The number of amides is 1. The van der Waals surface area contributed by atoms with Crippen molar-refractivity contribution >= 4 is 56.1 Å². The molecule has 0 aliphatic heterocycles. The Bertz CT molecular complexity index is 2060. The summed E-state index contributed by atoms with van der Waals surface area (Å²) in [5, 5.41) is 11.2. The number of hydrogen-bond acceptors (Lipinski definition) is 8. The average Bonchev–Trinajstić information content (AvgIpc) is 3.74. The third-order valence-corrected chi connectivity index (χ3v) is 8.89. The van der Waals surface area contributed by atoms with E-state index in [1.807, 2.05) is 30.1 Å². The number of rotatable bonds is 8. The van der Waals surface area contributed by atoms with E-state index in [9.17, 15) is 22.0 Å². The number of nitrogens with one attached hydrogen (secondary N) is 2. The maximum absolute atomic E-state index is 14.5. The zero-order valence-electron chi connectivity index (χ0n) is 24.0. The number of nitrogens with zero attached hydrogens (tertiary/aromatic N) is 5. The first-order chi connectivity index (χ1) is 20.9. The lowest BCUT2D eigenvalue weighted by molar-refractivity contribution is -0.118. The molecular formula is C30H28F2N8O3S. The highest BCUT2D eigenvalue weighted by molar-refractivity contribution is 7.89. The van der Waals surface area contributed by atoms with Crippen LogP contribution in [0.2, 0.25) is 0 Å². The number of carbonyl (C=O) groups is 1. The van der Waals surface area contributed by atoms with E-state index in [0.29, 0.717) is 35.4 Å². The van der Waals surface area contributed by atoms with Crippen LogP contribution in [0.15, 0.2) is 71.8 Å². The molecule has 0 atom stereocenters. The quantitative estimate of drug-likeness (QED) is 0.225. The van der Waals surface area contributed by atoms with Crippen LogP contribution in [0.1, 0.15) is 24.0 Å². The second kappa shape index (κ2) is 10.6. The van der Waals surface area contributed by atoms with Crippen LogP contribution < -0.4 is 20.7 Å². The first kappa shape index (κ1) is 29.1. The van der Waals surface area contributed by atoms with Gasteiger partial charge in [0.2, 0.25) is 27.8 Å². The Morgan fingerprint density at radius 3 is 2.55 bits per heavy atom. The summed E-state index contributed by atoms with van der Waals surface area (Å²) < 4.78 is 53.9. The molecule has 1 amide bonds. The lowest BCUT2D eigenvalue weighted by Crippen LogP contribution is -2.30. The average molecular weight is 619 g/mol. The molecule has 0 bridgehead atoms. The smallest absolute Gasteiger partial charge is 0.238 e. The van der Waals surface area contributed by atoms with Gasteiger partial charge >= 0.3 is 0 Å². The number of fused-ring (bicyclic) bond motifs is 1. The minimum atomic E-state index is -3.90. The fourth-order valence-corrected chi connectivity index (χ4v) is 5.99. The fraction of sp³-hybridized carbons (Fsp3) is 0.200. The van der Waals surface area contributed by atoms with Crippen LogP contribution >= 0.6 is 0 Å². The van der Waals surface area contributed by atoms with E-state index >= 15 is 0 Å². The second-order valence-corrected chi connectivity index (χ2v) is 12.3. The number of aryl methyl sites for hydroxylation is 2. The molecule has 3 aromatic carbocycles. The Labute approximate surface area is 251 Å². The van der Waals surface area contributed by atoms with Gasteiger partial charge in [0.05, 0.1) is 21.3 Å². The molecular weight excluding hydrogens is 590 g/mol. The second-order valence-electron chi connectivity index (χ2n) is 10.8. The largest absolute Gasteiger partial charge is 0.329 e. The van der Waals surface area contributed by atoms with Crippen molar-refractivity contribution in [2.24, 2.45) is 12.2 Å². The third-order valence-electron chi connectivity index (χ3n) is 7.84. The summed E-state index contributed by atoms with van der Waals surface area (Å²) in [7, 11) is -0.332. The first-order valence-corrected chi connectivity index (χ1v) is 15.1. The summed E-state index contributed by atoms with van der Waals surface area (Å²) in [6, 6.07) is 15.2. The van der Waals surface area contributed by atoms with E-state index < -0.39 is 33.0 Å². The molecule has 1 saturated carbocycles. The first-order valence-electron chi connectivity index (χ1n) is 13.6. The summed E-state index contributed by atoms with van der Waals surface area (Å²) in [5.41, 5.74) is 1.97. The number of sulfonamides is 1. The zero-order chi connectivity index (χ0) is 31.4. The summed E-state index contributed by atoms with van der Waals surface area (Å²) in [5.74, 6) is -0.601. The van der Waals surface area contributed by atoms with Crippen molar-refractivity contribution in [1.82, 2.24) is 19.5 Å². The molecule has 11 nitrogen and oxygen atoms in total. The minimum Gasteiger partial charge on any atom is -0.329 e. The number of aromatic nitrogens is 4. The van der Waals surface area contributed by atoms with Crippen molar-refractivity contribution in [3.8, 4) is 0 Å². The zero-order valence-corrected chi connectivity index (χ0v) is 24.8. The molecule has 1 aliphatic rings. The SMILES string of the molecule is Cc1ccc(Nc2nccc(N(C)c3ccc4c(c3)nc(NC(=O)C3(c5cc(F)ccc5F)CC3)n4C)n2)cc1S(N)(=O)=O. The Morgan fingerprint density at radius 2 is 1.82 bits per heavy atom. The van der Waals surface area contributed by atoms with Crippen molar-refractivity contribution in [1.29, 1.82) is 0 Å². The third kappa shape index (κ3) is 5.33. The van der Waals surface area contributed by atoms with Gasteiger partial charge in [0, 0.05) is 37.2 Å². The topological polar surface area (TPSA) is 148 Å². The van der Waals surface area contributed by atoms with Gasteiger partial charge in [-0.25, -0.2) is 32.3 Å². The van der Waals surface area contributed by atoms with E-state index in [4.69, 9.17) is 5.14 Å². The monoisotopic (exact) mass is 618 g/mol. The molecule has 14 heteroatoms. The molecule has 6 rings (SSSR count). The van der Waals surface area contributed by atoms with Gasteiger partial charge in [0.1, 0.15) is 17.5 Å². The number of nitrogens with two attached hydrogens (primary N) is 1. The van der Waals surface area contributed by atoms with Gasteiger partial charge in [0.15, 0.2) is 0 Å². The van der Waals surface area contributed by atoms with Crippen LogP contribution in [0, 0.1) is 18.6 Å². The van der Waals surface area contributed by atoms with Gasteiger partial charge in [-0.3, -0.25) is 10.1 Å². The van der Waals surface area contributed by atoms with E-state index in [0.717, 1.165) is 29.4 Å². The number of anilines is 5. The Balaban J connectivity index is 1.23. The predicted octanol–water partition coefficient (Wildman–Crippen LogP) is 4.78. The summed E-state index contributed by atoms with van der Waals surface area (Å²) >= 11 is 0. The molecule has 226 valence electrons. The molecule has 5 aromatic rings. The van der Waals surface area contributed by atoms with E-state index in [1.165, 1.54) is 6.07 Å². The van der Waals surface area contributed by atoms with Gasteiger partial charge in [-0.15, -0.1) is 0 Å². The Hall–Kier alpha value is -4.95. The van der Waals surface area contributed by atoms with Gasteiger partial charge in [-0.05, 0) is 79.9 Å². The lowest BCUT2D eigenvalue weighted by Gasteiger charge is -2.19. The van der Waals surface area contributed by atoms with Crippen molar-refractivity contribution < 1.29 is 22.0 Å². The molecule has 44 heavy (non-hydrogen) atoms. The maximum atomic E-state index is 14.5. The highest BCUT2D eigenvalue weighted by Crippen LogP contribution is 2.50. The predicted molar refractivity (Wildman–Crippen MR) is 163 cm³/mol. The maximum Gasteiger partial charge on any atom is 0.238 e. The molecule has 2 heterocycles. The molecule has 2 aromatic heterocycles. The van der Waals surface area contributed by atoms with Crippen LogP contribution in [0.3, 0.4) is 0 Å². The van der Waals surface area contributed by atoms with E-state index in [2.05, 4.69) is 25.6 Å². The summed E-state index contributed by atoms with van der Waals surface area (Å²) in [4.78, 5) is 28.5. The van der Waals surface area contributed by atoms with Crippen LogP contribution in [-0.2, 0) is 27.3 Å². The fourth-order valence-electron chi connectivity index (χ4n) is 5.18. The number of carbonyl (C=O) groups excluding carboxylic acids is 1. The van der Waals surface area contributed by atoms with Gasteiger partial charge in [-0.2, -0.15) is 4.98 Å². The van der Waals surface area contributed by atoms with Gasteiger partial charge in [-0.1, -0.05) is 6.07 Å². The van der Waals surface area contributed by atoms with Crippen LogP contribution in [-0.4, -0.2) is 40.9 Å². The Kier molecular flexibility index (Phi) is 7.05. The van der Waals surface area contributed by atoms with Crippen molar-refractivity contribution in [3.05, 3.63) is 89.6 Å². The number of halogens is 2. The van der Waals surface area contributed by atoms with Crippen molar-refractivity contribution in [3.63, 3.8) is 0 Å². The normalized spacial score (nSPS) is 14.0. The van der Waals surface area contributed by atoms with Gasteiger partial charge in [0.25, 0.3) is 0 Å². The minimum absolute atomic E-state index is 0.00317. The molecule has 0 saturated heterocycles. The van der Waals surface area contributed by atoms with Gasteiger partial charge < -0.3 is 14.8 Å².